The highest BCUT2D eigenvalue weighted by Gasteiger charge is 2.38. The van der Waals surface area contributed by atoms with Gasteiger partial charge in [-0.1, -0.05) is 6.92 Å². The van der Waals surface area contributed by atoms with Crippen LogP contribution in [0.4, 0.5) is 13.2 Å². The number of carbonyl (C=O) groups excluding carboxylic acids is 2. The van der Waals surface area contributed by atoms with E-state index >= 15 is 0 Å². The fourth-order valence-electron chi connectivity index (χ4n) is 6.46. The van der Waals surface area contributed by atoms with E-state index in [1.165, 1.54) is 29.2 Å². The second kappa shape index (κ2) is 10.8. The van der Waals surface area contributed by atoms with E-state index in [4.69, 9.17) is 10.7 Å². The van der Waals surface area contributed by atoms with Crippen LogP contribution in [-0.2, 0) is 22.6 Å². The summed E-state index contributed by atoms with van der Waals surface area (Å²) < 4.78 is 45.3. The number of imidazole rings is 1. The lowest BCUT2D eigenvalue weighted by Gasteiger charge is -2.27. The summed E-state index contributed by atoms with van der Waals surface area (Å²) in [5.41, 5.74) is 9.08. The number of alkyl halides is 1. The molecule has 8 nitrogen and oxygen atoms in total. The molecule has 4 heterocycles. The molecular formula is C30H33F3N6O2. The van der Waals surface area contributed by atoms with E-state index in [1.54, 1.807) is 17.0 Å². The zero-order valence-corrected chi connectivity index (χ0v) is 22.8. The molecule has 4 atom stereocenters. The third-order valence-corrected chi connectivity index (χ3v) is 8.60. The number of rotatable bonds is 8. The molecular weight excluding hydrogens is 533 g/mol. The van der Waals surface area contributed by atoms with Gasteiger partial charge in [-0.15, -0.1) is 0 Å². The van der Waals surface area contributed by atoms with Gasteiger partial charge in [0, 0.05) is 48.6 Å². The molecule has 41 heavy (non-hydrogen) atoms. The van der Waals surface area contributed by atoms with Crippen molar-refractivity contribution in [3.63, 3.8) is 0 Å². The van der Waals surface area contributed by atoms with E-state index in [0.29, 0.717) is 54.0 Å². The Balaban J connectivity index is 1.49. The molecule has 2 aliphatic heterocycles. The van der Waals surface area contributed by atoms with Gasteiger partial charge < -0.3 is 25.1 Å². The van der Waals surface area contributed by atoms with Gasteiger partial charge in [-0.25, -0.2) is 18.2 Å². The number of hydrogen-bond donors (Lipinski definition) is 2. The maximum absolute atomic E-state index is 14.7. The minimum atomic E-state index is -1.18. The lowest BCUT2D eigenvalue weighted by atomic mass is 9.99. The molecule has 2 amide bonds. The zero-order valence-electron chi connectivity index (χ0n) is 22.8. The molecule has 2 aliphatic rings. The van der Waals surface area contributed by atoms with Crippen molar-refractivity contribution in [3.8, 4) is 11.5 Å². The first-order chi connectivity index (χ1) is 19.8. The summed E-state index contributed by atoms with van der Waals surface area (Å²) in [4.78, 5) is 36.2. The van der Waals surface area contributed by atoms with Gasteiger partial charge in [0.1, 0.15) is 17.8 Å². The molecule has 216 valence electrons. The van der Waals surface area contributed by atoms with Crippen molar-refractivity contribution in [1.82, 2.24) is 24.3 Å². The molecule has 2 aromatic heterocycles. The van der Waals surface area contributed by atoms with Gasteiger partial charge in [-0.3, -0.25) is 9.59 Å². The monoisotopic (exact) mass is 566 g/mol. The largest absolute Gasteiger partial charge is 0.352 e. The standard InChI is InChI=1S/C30H33F3N6O2/c1-2-24(34)30(41)38-14-19(33)10-21(38)13-23-22-7-5-17(31)11-25(22)35-28(23)29-36-26-12-18(32)6-8-27(26)39(29)15-20-4-3-9-37(20)16-40/h5-8,11-12,16,19-21,24,35H,2-4,9-10,13-15,34H2,1H3. The summed E-state index contributed by atoms with van der Waals surface area (Å²) in [7, 11) is 0. The van der Waals surface area contributed by atoms with Crippen molar-refractivity contribution >= 4 is 34.3 Å². The normalized spacial score (nSPS) is 21.8. The summed E-state index contributed by atoms with van der Waals surface area (Å²) in [6, 6.07) is 7.60. The number of benzene rings is 2. The van der Waals surface area contributed by atoms with Gasteiger partial charge in [0.25, 0.3) is 0 Å². The molecule has 2 saturated heterocycles. The molecule has 4 aromatic rings. The van der Waals surface area contributed by atoms with Crippen LogP contribution in [0.1, 0.15) is 38.2 Å². The van der Waals surface area contributed by atoms with E-state index in [1.807, 2.05) is 11.5 Å². The van der Waals surface area contributed by atoms with Crippen molar-refractivity contribution < 1.29 is 22.8 Å². The SMILES string of the molecule is CCC(N)C(=O)N1CC(F)CC1Cc1c(-c2nc3cc(F)ccc3n2CC2CCCN2C=O)[nH]c2cc(F)ccc12. The number of H-pyrrole nitrogens is 1. The number of nitrogens with two attached hydrogens (primary N) is 1. The molecule has 0 aliphatic carbocycles. The van der Waals surface area contributed by atoms with Gasteiger partial charge in [-0.2, -0.15) is 0 Å². The number of nitrogens with zero attached hydrogens (tertiary/aromatic N) is 4. The first kappa shape index (κ1) is 27.3. The number of aromatic amines is 1. The summed E-state index contributed by atoms with van der Waals surface area (Å²) in [6.45, 7) is 2.89. The number of amides is 2. The second-order valence-electron chi connectivity index (χ2n) is 11.2. The molecule has 0 bridgehead atoms. The molecule has 0 radical (unpaired) electrons. The third kappa shape index (κ3) is 4.96. The number of nitrogens with one attached hydrogen (secondary N) is 1. The number of likely N-dealkylation sites (tertiary alicyclic amines) is 2. The van der Waals surface area contributed by atoms with Crippen molar-refractivity contribution in [2.75, 3.05) is 13.1 Å². The van der Waals surface area contributed by atoms with Gasteiger partial charge in [0.15, 0.2) is 5.82 Å². The third-order valence-electron chi connectivity index (χ3n) is 8.60. The van der Waals surface area contributed by atoms with Gasteiger partial charge in [0.05, 0.1) is 29.3 Å². The smallest absolute Gasteiger partial charge is 0.239 e. The van der Waals surface area contributed by atoms with E-state index in [2.05, 4.69) is 4.98 Å². The highest BCUT2D eigenvalue weighted by atomic mass is 19.1. The predicted molar refractivity (Wildman–Crippen MR) is 150 cm³/mol. The van der Waals surface area contributed by atoms with Crippen molar-refractivity contribution in [2.45, 2.75) is 69.9 Å². The summed E-state index contributed by atoms with van der Waals surface area (Å²) in [5, 5.41) is 0.732. The molecule has 2 fully saturated rings. The molecule has 0 saturated carbocycles. The van der Waals surface area contributed by atoms with E-state index in [9.17, 15) is 22.8 Å². The van der Waals surface area contributed by atoms with Gasteiger partial charge >= 0.3 is 0 Å². The summed E-state index contributed by atoms with van der Waals surface area (Å²) in [5.74, 6) is -0.629. The first-order valence-electron chi connectivity index (χ1n) is 14.1. The fourth-order valence-corrected chi connectivity index (χ4v) is 6.46. The Morgan fingerprint density at radius 3 is 2.76 bits per heavy atom. The Kier molecular flexibility index (Phi) is 7.23. The molecule has 6 rings (SSSR count). The van der Waals surface area contributed by atoms with Crippen LogP contribution in [0.25, 0.3) is 33.5 Å². The average Bonchev–Trinajstić information content (AvgIpc) is 3.72. The Hall–Kier alpha value is -3.86. The van der Waals surface area contributed by atoms with Crippen LogP contribution in [-0.4, -0.2) is 74.0 Å². The van der Waals surface area contributed by atoms with Crippen molar-refractivity contribution in [1.29, 1.82) is 0 Å². The Morgan fingerprint density at radius 2 is 1.98 bits per heavy atom. The van der Waals surface area contributed by atoms with Crippen LogP contribution in [0.2, 0.25) is 0 Å². The molecule has 2 aromatic carbocycles. The lowest BCUT2D eigenvalue weighted by molar-refractivity contribution is -0.133. The quantitative estimate of drug-likeness (QED) is 0.311. The average molecular weight is 567 g/mol. The molecule has 11 heteroatoms. The van der Waals surface area contributed by atoms with E-state index < -0.39 is 29.9 Å². The summed E-state index contributed by atoms with van der Waals surface area (Å²) in [6.07, 6.45) is 2.27. The Labute approximate surface area is 235 Å². The predicted octanol–water partition coefficient (Wildman–Crippen LogP) is 4.30. The minimum absolute atomic E-state index is 0.0233. The minimum Gasteiger partial charge on any atom is -0.352 e. The number of halogens is 3. The topological polar surface area (TPSA) is 100 Å². The van der Waals surface area contributed by atoms with Crippen LogP contribution in [0.3, 0.4) is 0 Å². The number of carbonyl (C=O) groups is 2. The highest BCUT2D eigenvalue weighted by Crippen LogP contribution is 2.36. The van der Waals surface area contributed by atoms with Crippen molar-refractivity contribution in [2.24, 2.45) is 5.73 Å². The molecule has 4 unspecified atom stereocenters. The van der Waals surface area contributed by atoms with Gasteiger partial charge in [0.2, 0.25) is 12.3 Å². The fraction of sp³-hybridized carbons (Fsp3) is 0.433. The maximum atomic E-state index is 14.7. The molecule has 0 spiro atoms. The van der Waals surface area contributed by atoms with Gasteiger partial charge in [-0.05, 0) is 61.6 Å². The van der Waals surface area contributed by atoms with E-state index in [-0.39, 0.29) is 24.9 Å². The lowest BCUT2D eigenvalue weighted by Crippen LogP contribution is -2.46. The zero-order chi connectivity index (χ0) is 28.8. The van der Waals surface area contributed by atoms with Crippen LogP contribution in [0.5, 0.6) is 0 Å². The van der Waals surface area contributed by atoms with Crippen LogP contribution >= 0.6 is 0 Å². The van der Waals surface area contributed by atoms with Crippen LogP contribution in [0, 0.1) is 11.6 Å². The number of aromatic nitrogens is 3. The second-order valence-corrected chi connectivity index (χ2v) is 11.2. The van der Waals surface area contributed by atoms with E-state index in [0.717, 1.165) is 30.2 Å². The first-order valence-corrected chi connectivity index (χ1v) is 14.1. The van der Waals surface area contributed by atoms with Crippen LogP contribution in [0.15, 0.2) is 36.4 Å². The number of hydrogen-bond acceptors (Lipinski definition) is 4. The highest BCUT2D eigenvalue weighted by molar-refractivity contribution is 5.92. The Bertz CT molecular complexity index is 1620. The van der Waals surface area contributed by atoms with Crippen molar-refractivity contribution in [3.05, 3.63) is 53.6 Å². The molecule has 3 N–H and O–H groups in total. The maximum Gasteiger partial charge on any atom is 0.239 e. The van der Waals surface area contributed by atoms with Crippen LogP contribution < -0.4 is 5.73 Å². The summed E-state index contributed by atoms with van der Waals surface area (Å²) >= 11 is 0. The number of fused-ring (bicyclic) bond motifs is 2. The Morgan fingerprint density at radius 1 is 1.20 bits per heavy atom.